The smallest absolute Gasteiger partial charge is 0.137 e. The molecule has 0 aromatic rings. The second-order valence-electron chi connectivity index (χ2n) is 6.71. The maximum Gasteiger partial charge on any atom is 0.137 e. The van der Waals surface area contributed by atoms with Gasteiger partial charge in [-0.2, -0.15) is 0 Å². The van der Waals surface area contributed by atoms with E-state index in [9.17, 15) is 4.79 Å². The maximum absolute atomic E-state index is 11.6. The van der Waals surface area contributed by atoms with E-state index in [1.165, 1.54) is 32.2 Å². The lowest BCUT2D eigenvalue weighted by molar-refractivity contribution is -0.121. The summed E-state index contributed by atoms with van der Waals surface area (Å²) < 4.78 is 0. The maximum atomic E-state index is 11.6. The zero-order valence-corrected chi connectivity index (χ0v) is 11.0. The van der Waals surface area contributed by atoms with Gasteiger partial charge in [0.15, 0.2) is 0 Å². The molecule has 3 aliphatic carbocycles. The van der Waals surface area contributed by atoms with Gasteiger partial charge in [0.1, 0.15) is 5.78 Å². The molecule has 0 aliphatic heterocycles. The Morgan fingerprint density at radius 1 is 1.18 bits per heavy atom. The van der Waals surface area contributed by atoms with E-state index in [0.29, 0.717) is 11.7 Å². The molecular weight excluding hydrogens is 210 g/mol. The van der Waals surface area contributed by atoms with Crippen LogP contribution in [0.15, 0.2) is 0 Å². The molecule has 4 unspecified atom stereocenters. The van der Waals surface area contributed by atoms with Crippen molar-refractivity contribution >= 4 is 5.78 Å². The quantitative estimate of drug-likeness (QED) is 0.747. The van der Waals surface area contributed by atoms with Crippen molar-refractivity contribution in [2.45, 2.75) is 44.9 Å². The van der Waals surface area contributed by atoms with Crippen molar-refractivity contribution in [3.63, 3.8) is 0 Å². The summed E-state index contributed by atoms with van der Waals surface area (Å²) in [4.78, 5) is 14.1. The molecule has 2 bridgehead atoms. The summed E-state index contributed by atoms with van der Waals surface area (Å²) in [5.74, 6) is 3.88. The van der Waals surface area contributed by atoms with E-state index in [2.05, 4.69) is 11.9 Å². The Balaban J connectivity index is 1.47. The van der Waals surface area contributed by atoms with Crippen molar-refractivity contribution in [2.75, 3.05) is 20.1 Å². The molecule has 17 heavy (non-hydrogen) atoms. The van der Waals surface area contributed by atoms with Crippen LogP contribution >= 0.6 is 0 Å². The van der Waals surface area contributed by atoms with E-state index in [4.69, 9.17) is 0 Å². The third-order valence-corrected chi connectivity index (χ3v) is 5.39. The summed E-state index contributed by atoms with van der Waals surface area (Å²) >= 11 is 0. The molecular formula is C15H25NO. The standard InChI is InChI=1S/C15H25NO/c1-16(9-13-3-2-4-15(13)17)10-14-8-11-5-6-12(14)7-11/h11-14H,2-10H2,1H3. The molecule has 4 atom stereocenters. The number of carbonyl (C=O) groups is 1. The van der Waals surface area contributed by atoms with Gasteiger partial charge in [-0.3, -0.25) is 4.79 Å². The predicted octanol–water partition coefficient (Wildman–Crippen LogP) is 2.72. The molecule has 0 N–H and O–H groups in total. The zero-order valence-electron chi connectivity index (χ0n) is 11.0. The normalized spacial score (nSPS) is 40.7. The SMILES string of the molecule is CN(CC1CCCC1=O)CC1CC2CCC1C2. The largest absolute Gasteiger partial charge is 0.305 e. The lowest BCUT2D eigenvalue weighted by Crippen LogP contribution is -2.33. The van der Waals surface area contributed by atoms with Crippen LogP contribution in [0, 0.1) is 23.7 Å². The van der Waals surface area contributed by atoms with E-state index in [1.54, 1.807) is 0 Å². The van der Waals surface area contributed by atoms with E-state index >= 15 is 0 Å². The lowest BCUT2D eigenvalue weighted by Gasteiger charge is -2.28. The van der Waals surface area contributed by atoms with Crippen LogP contribution in [0.2, 0.25) is 0 Å². The number of Topliss-reactive ketones (excluding diaryl/α,β-unsaturated/α-hetero) is 1. The van der Waals surface area contributed by atoms with Crippen LogP contribution in [0.1, 0.15) is 44.9 Å². The number of hydrogen-bond donors (Lipinski definition) is 0. The van der Waals surface area contributed by atoms with Crippen LogP contribution in [0.25, 0.3) is 0 Å². The Morgan fingerprint density at radius 2 is 2.06 bits per heavy atom. The topological polar surface area (TPSA) is 20.3 Å². The molecule has 96 valence electrons. The molecule has 0 aromatic heterocycles. The molecule has 0 radical (unpaired) electrons. The number of hydrogen-bond acceptors (Lipinski definition) is 2. The van der Waals surface area contributed by atoms with Gasteiger partial charge in [-0.15, -0.1) is 0 Å². The minimum Gasteiger partial charge on any atom is -0.305 e. The summed E-state index contributed by atoms with van der Waals surface area (Å²) in [6, 6.07) is 0. The van der Waals surface area contributed by atoms with Crippen molar-refractivity contribution in [1.82, 2.24) is 4.90 Å². The summed E-state index contributed by atoms with van der Waals surface area (Å²) in [6.45, 7) is 2.26. The van der Waals surface area contributed by atoms with Crippen LogP contribution in [0.4, 0.5) is 0 Å². The average Bonchev–Trinajstić information content (AvgIpc) is 2.96. The molecule has 3 fully saturated rings. The van der Waals surface area contributed by atoms with Gasteiger partial charge in [0.2, 0.25) is 0 Å². The number of nitrogens with zero attached hydrogens (tertiary/aromatic N) is 1. The van der Waals surface area contributed by atoms with Crippen molar-refractivity contribution in [2.24, 2.45) is 23.7 Å². The molecule has 0 amide bonds. The van der Waals surface area contributed by atoms with E-state index < -0.39 is 0 Å². The van der Waals surface area contributed by atoms with E-state index in [0.717, 1.165) is 43.6 Å². The van der Waals surface area contributed by atoms with Crippen molar-refractivity contribution in [1.29, 1.82) is 0 Å². The minimum absolute atomic E-state index is 0.360. The number of rotatable bonds is 4. The van der Waals surface area contributed by atoms with Gasteiger partial charge in [0, 0.05) is 25.4 Å². The van der Waals surface area contributed by atoms with Gasteiger partial charge in [0.25, 0.3) is 0 Å². The van der Waals surface area contributed by atoms with Crippen molar-refractivity contribution in [3.05, 3.63) is 0 Å². The molecule has 0 heterocycles. The number of fused-ring (bicyclic) bond motifs is 2. The lowest BCUT2D eigenvalue weighted by atomic mass is 9.88. The van der Waals surface area contributed by atoms with Gasteiger partial charge < -0.3 is 4.90 Å². The van der Waals surface area contributed by atoms with Crippen LogP contribution in [0.5, 0.6) is 0 Å². The molecule has 3 saturated carbocycles. The van der Waals surface area contributed by atoms with E-state index in [-0.39, 0.29) is 0 Å². The summed E-state index contributed by atoms with van der Waals surface area (Å²) in [5.41, 5.74) is 0. The highest BCUT2D eigenvalue weighted by Crippen LogP contribution is 2.48. The summed E-state index contributed by atoms with van der Waals surface area (Å²) in [5, 5.41) is 0. The fourth-order valence-corrected chi connectivity index (χ4v) is 4.53. The van der Waals surface area contributed by atoms with Crippen molar-refractivity contribution < 1.29 is 4.79 Å². The van der Waals surface area contributed by atoms with Gasteiger partial charge in [-0.1, -0.05) is 6.42 Å². The second kappa shape index (κ2) is 4.72. The van der Waals surface area contributed by atoms with Crippen LogP contribution in [-0.2, 0) is 4.79 Å². The first-order valence-corrected chi connectivity index (χ1v) is 7.43. The number of carbonyl (C=O) groups excluding carboxylic acids is 1. The van der Waals surface area contributed by atoms with Gasteiger partial charge in [-0.05, 0) is 56.9 Å². The summed E-state index contributed by atoms with van der Waals surface area (Å²) in [6.07, 6.45) is 9.05. The average molecular weight is 235 g/mol. The van der Waals surface area contributed by atoms with Crippen molar-refractivity contribution in [3.8, 4) is 0 Å². The molecule has 0 saturated heterocycles. The Kier molecular flexibility index (Phi) is 3.25. The highest BCUT2D eigenvalue weighted by atomic mass is 16.1. The molecule has 0 aromatic carbocycles. The first-order valence-electron chi connectivity index (χ1n) is 7.43. The van der Waals surface area contributed by atoms with Crippen LogP contribution in [-0.4, -0.2) is 30.8 Å². The number of ketones is 1. The Labute approximate surface area is 105 Å². The van der Waals surface area contributed by atoms with Crippen LogP contribution in [0.3, 0.4) is 0 Å². The minimum atomic E-state index is 0.360. The first-order chi connectivity index (χ1) is 8.22. The Morgan fingerprint density at radius 3 is 2.65 bits per heavy atom. The molecule has 3 rings (SSSR count). The zero-order chi connectivity index (χ0) is 11.8. The van der Waals surface area contributed by atoms with Gasteiger partial charge in [-0.25, -0.2) is 0 Å². The third-order valence-electron chi connectivity index (χ3n) is 5.39. The monoisotopic (exact) mass is 235 g/mol. The molecule has 2 heteroatoms. The van der Waals surface area contributed by atoms with Gasteiger partial charge in [0.05, 0.1) is 0 Å². The first kappa shape index (κ1) is 11.7. The Hall–Kier alpha value is -0.370. The second-order valence-corrected chi connectivity index (χ2v) is 6.71. The highest BCUT2D eigenvalue weighted by molar-refractivity contribution is 5.83. The fourth-order valence-electron chi connectivity index (χ4n) is 4.53. The predicted molar refractivity (Wildman–Crippen MR) is 68.8 cm³/mol. The van der Waals surface area contributed by atoms with E-state index in [1.807, 2.05) is 0 Å². The third kappa shape index (κ3) is 2.42. The highest BCUT2D eigenvalue weighted by Gasteiger charge is 2.39. The molecule has 0 spiro atoms. The Bertz CT molecular complexity index is 301. The molecule has 3 aliphatic rings. The molecule has 2 nitrogen and oxygen atoms in total. The summed E-state index contributed by atoms with van der Waals surface area (Å²) in [7, 11) is 2.22. The van der Waals surface area contributed by atoms with Gasteiger partial charge >= 0.3 is 0 Å². The fraction of sp³-hybridized carbons (Fsp3) is 0.933. The van der Waals surface area contributed by atoms with Crippen LogP contribution < -0.4 is 0 Å².